The van der Waals surface area contributed by atoms with Gasteiger partial charge in [0.25, 0.3) is 0 Å². The van der Waals surface area contributed by atoms with Crippen LogP contribution >= 0.6 is 0 Å². The molecule has 0 spiro atoms. The molecule has 0 aliphatic rings. The van der Waals surface area contributed by atoms with E-state index < -0.39 is 0 Å². The molecule has 0 N–H and O–H groups in total. The maximum absolute atomic E-state index is 8.97. The van der Waals surface area contributed by atoms with Gasteiger partial charge in [0.05, 0.1) is 22.7 Å². The molecular formula is C15H20N4. The van der Waals surface area contributed by atoms with Gasteiger partial charge in [-0.3, -0.25) is 0 Å². The third kappa shape index (κ3) is 2.77. The summed E-state index contributed by atoms with van der Waals surface area (Å²) in [6, 6.07) is 8.27. The van der Waals surface area contributed by atoms with Crippen LogP contribution in [0.3, 0.4) is 0 Å². The average molecular weight is 256 g/mol. The van der Waals surface area contributed by atoms with Crippen LogP contribution in [0.2, 0.25) is 0 Å². The van der Waals surface area contributed by atoms with Crippen molar-refractivity contribution in [3.05, 3.63) is 29.6 Å². The molecule has 0 saturated carbocycles. The maximum Gasteiger partial charge on any atom is 0.111 e. The first kappa shape index (κ1) is 13.6. The van der Waals surface area contributed by atoms with Crippen LogP contribution in [-0.2, 0) is 6.42 Å². The van der Waals surface area contributed by atoms with Gasteiger partial charge in [-0.05, 0) is 46.1 Å². The smallest absolute Gasteiger partial charge is 0.111 e. The third-order valence-corrected chi connectivity index (χ3v) is 3.19. The standard InChI is InChI=1S/C15H20N4/c1-11(2)19-14-6-5-12(10-16)9-13(14)17-15(19)7-8-18(3)4/h5-6,9,11H,7-8H2,1-4H3. The van der Waals surface area contributed by atoms with E-state index in [2.05, 4.69) is 43.5 Å². The Morgan fingerprint density at radius 2 is 2.11 bits per heavy atom. The number of imidazole rings is 1. The molecule has 100 valence electrons. The molecule has 0 aliphatic heterocycles. The predicted octanol–water partition coefficient (Wildman–Crippen LogP) is 2.59. The Morgan fingerprint density at radius 1 is 1.37 bits per heavy atom. The largest absolute Gasteiger partial charge is 0.325 e. The molecule has 0 atom stereocenters. The minimum absolute atomic E-state index is 0.370. The van der Waals surface area contributed by atoms with Gasteiger partial charge in [-0.2, -0.15) is 5.26 Å². The Labute approximate surface area is 114 Å². The molecule has 0 saturated heterocycles. The number of aromatic nitrogens is 2. The number of likely N-dealkylation sites (N-methyl/N-ethyl adjacent to an activating group) is 1. The average Bonchev–Trinajstić information content (AvgIpc) is 2.73. The summed E-state index contributed by atoms with van der Waals surface area (Å²) in [6.45, 7) is 5.30. The number of rotatable bonds is 4. The van der Waals surface area contributed by atoms with E-state index in [4.69, 9.17) is 10.2 Å². The first-order chi connectivity index (χ1) is 9.02. The fourth-order valence-corrected chi connectivity index (χ4v) is 2.29. The lowest BCUT2D eigenvalue weighted by atomic mass is 10.2. The van der Waals surface area contributed by atoms with Crippen LogP contribution in [0.5, 0.6) is 0 Å². The Hall–Kier alpha value is -1.86. The molecule has 4 nitrogen and oxygen atoms in total. The Kier molecular flexibility index (Phi) is 3.87. The Bertz CT molecular complexity index is 617. The number of hydrogen-bond acceptors (Lipinski definition) is 3. The summed E-state index contributed by atoms with van der Waals surface area (Å²) in [7, 11) is 4.13. The van der Waals surface area contributed by atoms with Crippen LogP contribution < -0.4 is 0 Å². The monoisotopic (exact) mass is 256 g/mol. The van der Waals surface area contributed by atoms with Gasteiger partial charge in [-0.25, -0.2) is 4.98 Å². The molecule has 0 radical (unpaired) electrons. The zero-order valence-electron chi connectivity index (χ0n) is 12.0. The molecule has 0 amide bonds. The second-order valence-electron chi connectivity index (χ2n) is 5.36. The van der Waals surface area contributed by atoms with Gasteiger partial charge in [0.15, 0.2) is 0 Å². The fraction of sp³-hybridized carbons (Fsp3) is 0.467. The predicted molar refractivity (Wildman–Crippen MR) is 77.1 cm³/mol. The summed E-state index contributed by atoms with van der Waals surface area (Å²) in [5.74, 6) is 1.09. The molecule has 1 aromatic heterocycles. The van der Waals surface area contributed by atoms with Crippen LogP contribution in [0, 0.1) is 11.3 Å². The van der Waals surface area contributed by atoms with E-state index in [0.717, 1.165) is 29.8 Å². The molecule has 0 aliphatic carbocycles. The van der Waals surface area contributed by atoms with Crippen molar-refractivity contribution >= 4 is 11.0 Å². The van der Waals surface area contributed by atoms with Crippen LogP contribution in [0.1, 0.15) is 31.3 Å². The number of nitrogens with zero attached hydrogens (tertiary/aromatic N) is 4. The lowest BCUT2D eigenvalue weighted by molar-refractivity contribution is 0.404. The number of fused-ring (bicyclic) bond motifs is 1. The zero-order chi connectivity index (χ0) is 14.0. The molecule has 4 heteroatoms. The minimum atomic E-state index is 0.370. The minimum Gasteiger partial charge on any atom is -0.325 e. The normalized spacial score (nSPS) is 11.4. The fourth-order valence-electron chi connectivity index (χ4n) is 2.29. The highest BCUT2D eigenvalue weighted by Gasteiger charge is 2.13. The van der Waals surface area contributed by atoms with Crippen molar-refractivity contribution in [3.63, 3.8) is 0 Å². The van der Waals surface area contributed by atoms with Crippen molar-refractivity contribution in [1.29, 1.82) is 5.26 Å². The second kappa shape index (κ2) is 5.41. The molecule has 1 heterocycles. The second-order valence-corrected chi connectivity index (χ2v) is 5.36. The summed E-state index contributed by atoms with van der Waals surface area (Å²) in [5, 5.41) is 8.97. The van der Waals surface area contributed by atoms with Crippen molar-refractivity contribution in [3.8, 4) is 6.07 Å². The molecule has 0 unspecified atom stereocenters. The number of nitriles is 1. The topological polar surface area (TPSA) is 44.9 Å². The van der Waals surface area contributed by atoms with Crippen LogP contribution in [-0.4, -0.2) is 35.1 Å². The maximum atomic E-state index is 8.97. The van der Waals surface area contributed by atoms with Crippen molar-refractivity contribution in [2.45, 2.75) is 26.3 Å². The van der Waals surface area contributed by atoms with E-state index in [-0.39, 0.29) is 0 Å². The van der Waals surface area contributed by atoms with Crippen molar-refractivity contribution in [2.75, 3.05) is 20.6 Å². The summed E-state index contributed by atoms with van der Waals surface area (Å²) >= 11 is 0. The molecule has 0 bridgehead atoms. The lowest BCUT2D eigenvalue weighted by Crippen LogP contribution is -2.18. The van der Waals surface area contributed by atoms with Gasteiger partial charge >= 0.3 is 0 Å². The Morgan fingerprint density at radius 3 is 2.68 bits per heavy atom. The highest BCUT2D eigenvalue weighted by molar-refractivity contribution is 5.78. The van der Waals surface area contributed by atoms with Crippen molar-refractivity contribution in [2.24, 2.45) is 0 Å². The van der Waals surface area contributed by atoms with Crippen LogP contribution in [0.4, 0.5) is 0 Å². The highest BCUT2D eigenvalue weighted by atomic mass is 15.1. The zero-order valence-corrected chi connectivity index (χ0v) is 12.0. The van der Waals surface area contributed by atoms with E-state index in [1.807, 2.05) is 18.2 Å². The molecule has 0 fully saturated rings. The molecular weight excluding hydrogens is 236 g/mol. The summed E-state index contributed by atoms with van der Waals surface area (Å²) in [5.41, 5.74) is 2.70. The molecule has 1 aromatic carbocycles. The summed E-state index contributed by atoms with van der Waals surface area (Å²) < 4.78 is 2.26. The lowest BCUT2D eigenvalue weighted by Gasteiger charge is -2.14. The van der Waals surface area contributed by atoms with Crippen LogP contribution in [0.25, 0.3) is 11.0 Å². The van der Waals surface area contributed by atoms with Gasteiger partial charge in [0, 0.05) is 19.0 Å². The highest BCUT2D eigenvalue weighted by Crippen LogP contribution is 2.22. The van der Waals surface area contributed by atoms with E-state index in [1.165, 1.54) is 0 Å². The first-order valence-corrected chi connectivity index (χ1v) is 6.58. The summed E-state index contributed by atoms with van der Waals surface area (Å²) in [4.78, 5) is 6.86. The third-order valence-electron chi connectivity index (χ3n) is 3.19. The molecule has 2 rings (SSSR count). The quantitative estimate of drug-likeness (QED) is 0.844. The van der Waals surface area contributed by atoms with Gasteiger partial charge < -0.3 is 9.47 Å². The van der Waals surface area contributed by atoms with Crippen LogP contribution in [0.15, 0.2) is 18.2 Å². The van der Waals surface area contributed by atoms with E-state index in [9.17, 15) is 0 Å². The SMILES string of the molecule is CC(C)n1c(CCN(C)C)nc2cc(C#N)ccc21. The van der Waals surface area contributed by atoms with Gasteiger partial charge in [-0.15, -0.1) is 0 Å². The number of benzene rings is 1. The number of hydrogen-bond donors (Lipinski definition) is 0. The summed E-state index contributed by atoms with van der Waals surface area (Å²) in [6.07, 6.45) is 0.918. The van der Waals surface area contributed by atoms with Gasteiger partial charge in [-0.1, -0.05) is 0 Å². The van der Waals surface area contributed by atoms with E-state index in [1.54, 1.807) is 0 Å². The molecule has 19 heavy (non-hydrogen) atoms. The molecule has 2 aromatic rings. The Balaban J connectivity index is 2.50. The van der Waals surface area contributed by atoms with E-state index >= 15 is 0 Å². The van der Waals surface area contributed by atoms with Gasteiger partial charge in [0.2, 0.25) is 0 Å². The first-order valence-electron chi connectivity index (χ1n) is 6.58. The van der Waals surface area contributed by atoms with Crippen molar-refractivity contribution in [1.82, 2.24) is 14.5 Å². The van der Waals surface area contributed by atoms with Crippen molar-refractivity contribution < 1.29 is 0 Å². The van der Waals surface area contributed by atoms with Gasteiger partial charge in [0.1, 0.15) is 5.82 Å². The van der Waals surface area contributed by atoms with E-state index in [0.29, 0.717) is 11.6 Å².